The molecular weight excluding hydrogens is 333 g/mol. The van der Waals surface area contributed by atoms with Gasteiger partial charge in [0, 0.05) is 16.5 Å². The summed E-state index contributed by atoms with van der Waals surface area (Å²) < 4.78 is 39.1. The summed E-state index contributed by atoms with van der Waals surface area (Å²) in [5, 5.41) is 10.0. The van der Waals surface area contributed by atoms with Gasteiger partial charge in [0.05, 0.1) is 6.10 Å². The summed E-state index contributed by atoms with van der Waals surface area (Å²) in [6.07, 6.45) is -3.38. The summed E-state index contributed by atoms with van der Waals surface area (Å²) in [4.78, 5) is 0. The maximum Gasteiger partial charge on any atom is 0.263 e. The molecule has 1 N–H and O–H groups in total. The molecule has 0 bridgehead atoms. The first-order valence-corrected chi connectivity index (χ1v) is 6.76. The fraction of sp³-hybridized carbons (Fsp3) is 0.200. The number of benzene rings is 2. The fourth-order valence-electron chi connectivity index (χ4n) is 1.88. The molecule has 0 saturated carbocycles. The SMILES string of the molecule is OC(Cc1ccc(Br)cc1F)c1ccc(C(F)F)cc1. The van der Waals surface area contributed by atoms with E-state index < -0.39 is 18.3 Å². The van der Waals surface area contributed by atoms with Gasteiger partial charge in [-0.05, 0) is 23.3 Å². The van der Waals surface area contributed by atoms with Crippen molar-refractivity contribution in [2.24, 2.45) is 0 Å². The molecule has 5 heteroatoms. The van der Waals surface area contributed by atoms with E-state index in [0.29, 0.717) is 15.6 Å². The third-order valence-electron chi connectivity index (χ3n) is 3.00. The van der Waals surface area contributed by atoms with Crippen LogP contribution in [0.2, 0.25) is 0 Å². The van der Waals surface area contributed by atoms with Gasteiger partial charge in [-0.25, -0.2) is 13.2 Å². The smallest absolute Gasteiger partial charge is 0.263 e. The fourth-order valence-corrected chi connectivity index (χ4v) is 2.21. The van der Waals surface area contributed by atoms with Crippen molar-refractivity contribution in [2.75, 3.05) is 0 Å². The van der Waals surface area contributed by atoms with Gasteiger partial charge in [0.25, 0.3) is 6.43 Å². The first-order chi connectivity index (χ1) is 9.47. The largest absolute Gasteiger partial charge is 0.388 e. The molecular formula is C15H12BrF3O. The molecule has 1 nitrogen and oxygen atoms in total. The van der Waals surface area contributed by atoms with E-state index in [2.05, 4.69) is 15.9 Å². The lowest BCUT2D eigenvalue weighted by molar-refractivity contribution is 0.151. The number of alkyl halides is 2. The molecule has 20 heavy (non-hydrogen) atoms. The highest BCUT2D eigenvalue weighted by molar-refractivity contribution is 9.10. The van der Waals surface area contributed by atoms with E-state index >= 15 is 0 Å². The lowest BCUT2D eigenvalue weighted by atomic mass is 10.00. The minimum Gasteiger partial charge on any atom is -0.388 e. The number of hydrogen-bond acceptors (Lipinski definition) is 1. The molecule has 2 rings (SSSR count). The lowest BCUT2D eigenvalue weighted by Crippen LogP contribution is -2.03. The minimum atomic E-state index is -2.54. The predicted molar refractivity (Wildman–Crippen MR) is 74.2 cm³/mol. The second kappa shape index (κ2) is 6.41. The Balaban J connectivity index is 2.13. The molecule has 0 aliphatic heterocycles. The zero-order valence-electron chi connectivity index (χ0n) is 10.4. The highest BCUT2D eigenvalue weighted by atomic mass is 79.9. The van der Waals surface area contributed by atoms with Crippen molar-refractivity contribution in [3.63, 3.8) is 0 Å². The summed E-state index contributed by atoms with van der Waals surface area (Å²) in [6, 6.07) is 9.98. The molecule has 0 fully saturated rings. The van der Waals surface area contributed by atoms with E-state index in [1.54, 1.807) is 12.1 Å². The van der Waals surface area contributed by atoms with Crippen LogP contribution in [0.1, 0.15) is 29.2 Å². The summed E-state index contributed by atoms with van der Waals surface area (Å²) >= 11 is 3.16. The van der Waals surface area contributed by atoms with Crippen molar-refractivity contribution in [2.45, 2.75) is 19.0 Å². The van der Waals surface area contributed by atoms with Crippen LogP contribution in [0.15, 0.2) is 46.9 Å². The molecule has 0 aliphatic rings. The molecule has 2 aromatic carbocycles. The lowest BCUT2D eigenvalue weighted by Gasteiger charge is -2.12. The topological polar surface area (TPSA) is 20.2 Å². The Morgan fingerprint density at radius 2 is 1.60 bits per heavy atom. The number of rotatable bonds is 4. The number of halogens is 4. The van der Waals surface area contributed by atoms with Gasteiger partial charge in [-0.1, -0.05) is 46.3 Å². The van der Waals surface area contributed by atoms with Crippen molar-refractivity contribution in [1.82, 2.24) is 0 Å². The number of hydrogen-bond donors (Lipinski definition) is 1. The normalized spacial score (nSPS) is 12.7. The molecule has 0 amide bonds. The molecule has 1 atom stereocenters. The Morgan fingerprint density at radius 1 is 1.00 bits per heavy atom. The van der Waals surface area contributed by atoms with E-state index in [1.807, 2.05) is 0 Å². The average Bonchev–Trinajstić information content (AvgIpc) is 2.42. The quantitative estimate of drug-likeness (QED) is 0.844. The Morgan fingerprint density at radius 3 is 2.15 bits per heavy atom. The molecule has 0 radical (unpaired) electrons. The number of aliphatic hydroxyl groups is 1. The molecule has 2 aromatic rings. The Bertz CT molecular complexity index is 584. The highest BCUT2D eigenvalue weighted by Gasteiger charge is 2.13. The molecule has 106 valence electrons. The van der Waals surface area contributed by atoms with Gasteiger partial charge in [0.2, 0.25) is 0 Å². The van der Waals surface area contributed by atoms with Crippen molar-refractivity contribution >= 4 is 15.9 Å². The number of aliphatic hydroxyl groups excluding tert-OH is 1. The summed E-state index contributed by atoms with van der Waals surface area (Å²) in [7, 11) is 0. The van der Waals surface area contributed by atoms with Crippen molar-refractivity contribution in [1.29, 1.82) is 0 Å². The third kappa shape index (κ3) is 3.61. The molecule has 0 aliphatic carbocycles. The maximum absolute atomic E-state index is 13.7. The zero-order valence-corrected chi connectivity index (χ0v) is 11.9. The van der Waals surface area contributed by atoms with E-state index in [-0.39, 0.29) is 12.0 Å². The highest BCUT2D eigenvalue weighted by Crippen LogP contribution is 2.25. The first-order valence-electron chi connectivity index (χ1n) is 5.97. The predicted octanol–water partition coefficient (Wildman–Crippen LogP) is 4.80. The van der Waals surface area contributed by atoms with Crippen LogP contribution in [0.25, 0.3) is 0 Å². The van der Waals surface area contributed by atoms with Crippen LogP contribution in [0, 0.1) is 5.82 Å². The Hall–Kier alpha value is -1.33. The summed E-state index contributed by atoms with van der Waals surface area (Å²) in [5.74, 6) is -0.414. The van der Waals surface area contributed by atoms with Crippen molar-refractivity contribution in [3.05, 3.63) is 69.4 Å². The van der Waals surface area contributed by atoms with Gasteiger partial charge >= 0.3 is 0 Å². The van der Waals surface area contributed by atoms with Crippen LogP contribution in [0.3, 0.4) is 0 Å². The molecule has 0 spiro atoms. The van der Waals surface area contributed by atoms with Gasteiger partial charge in [-0.3, -0.25) is 0 Å². The van der Waals surface area contributed by atoms with Crippen LogP contribution in [-0.4, -0.2) is 5.11 Å². The van der Waals surface area contributed by atoms with Gasteiger partial charge in [-0.15, -0.1) is 0 Å². The second-order valence-corrected chi connectivity index (χ2v) is 5.34. The van der Waals surface area contributed by atoms with E-state index in [9.17, 15) is 18.3 Å². The van der Waals surface area contributed by atoms with E-state index in [1.165, 1.54) is 30.3 Å². The molecule has 1 unspecified atom stereocenters. The van der Waals surface area contributed by atoms with Gasteiger partial charge < -0.3 is 5.11 Å². The second-order valence-electron chi connectivity index (χ2n) is 4.42. The van der Waals surface area contributed by atoms with Crippen LogP contribution in [0.4, 0.5) is 13.2 Å². The monoisotopic (exact) mass is 344 g/mol. The standard InChI is InChI=1S/C15H12BrF3O/c16-12-6-5-11(13(17)8-12)7-14(20)9-1-3-10(4-2-9)15(18)19/h1-6,8,14-15,20H,7H2. The summed E-state index contributed by atoms with van der Waals surface area (Å²) in [6.45, 7) is 0. The third-order valence-corrected chi connectivity index (χ3v) is 3.49. The van der Waals surface area contributed by atoms with Gasteiger partial charge in [0.1, 0.15) is 5.82 Å². The van der Waals surface area contributed by atoms with Crippen LogP contribution < -0.4 is 0 Å². The maximum atomic E-state index is 13.7. The Kier molecular flexibility index (Phi) is 4.83. The van der Waals surface area contributed by atoms with Crippen molar-refractivity contribution < 1.29 is 18.3 Å². The minimum absolute atomic E-state index is 0.0904. The van der Waals surface area contributed by atoms with Gasteiger partial charge in [0.15, 0.2) is 0 Å². The Labute approximate surface area is 123 Å². The molecule has 0 aromatic heterocycles. The molecule has 0 heterocycles. The average molecular weight is 345 g/mol. The van der Waals surface area contributed by atoms with E-state index in [4.69, 9.17) is 0 Å². The first kappa shape index (κ1) is 15.1. The van der Waals surface area contributed by atoms with Crippen LogP contribution in [-0.2, 0) is 6.42 Å². The molecule has 0 saturated heterocycles. The zero-order chi connectivity index (χ0) is 14.7. The van der Waals surface area contributed by atoms with Crippen LogP contribution in [0.5, 0.6) is 0 Å². The van der Waals surface area contributed by atoms with Crippen molar-refractivity contribution in [3.8, 4) is 0 Å². The summed E-state index contributed by atoms with van der Waals surface area (Å²) in [5.41, 5.74) is 0.756. The van der Waals surface area contributed by atoms with E-state index in [0.717, 1.165) is 0 Å². The van der Waals surface area contributed by atoms with Crippen LogP contribution >= 0.6 is 15.9 Å². The van der Waals surface area contributed by atoms with Gasteiger partial charge in [-0.2, -0.15) is 0 Å².